The summed E-state index contributed by atoms with van der Waals surface area (Å²) < 4.78 is 5.49. The fraction of sp³-hybridized carbons (Fsp3) is 0.609. The number of carbonyl (C=O) groups is 2. The number of nitrogens with zero attached hydrogens (tertiary/aromatic N) is 3. The number of carbonyl (C=O) groups excluding carboxylic acids is 2. The molecule has 3 rings (SSSR count). The standard InChI is InChI=1S/C23H31N3O3/c1-5-6-7-10-20(27)26-14-8-9-17-11-12-19(24-21(17)26)18-13-15-25(16-18)22(28)29-23(2,3)4/h1,11-12,18H,6-10,13-16H2,2-4H3. The molecule has 1 aromatic rings. The van der Waals surface area contributed by atoms with Gasteiger partial charge < -0.3 is 9.64 Å². The Balaban J connectivity index is 1.71. The number of anilines is 1. The van der Waals surface area contributed by atoms with Crippen molar-refractivity contribution in [2.75, 3.05) is 24.5 Å². The van der Waals surface area contributed by atoms with E-state index in [4.69, 9.17) is 16.1 Å². The molecule has 1 aromatic heterocycles. The maximum Gasteiger partial charge on any atom is 0.410 e. The topological polar surface area (TPSA) is 62.7 Å². The average Bonchev–Trinajstić information content (AvgIpc) is 3.16. The summed E-state index contributed by atoms with van der Waals surface area (Å²) in [7, 11) is 0. The van der Waals surface area contributed by atoms with Crippen molar-refractivity contribution in [2.45, 2.75) is 70.8 Å². The van der Waals surface area contributed by atoms with Crippen LogP contribution in [0.25, 0.3) is 0 Å². The van der Waals surface area contributed by atoms with Crippen LogP contribution in [0.5, 0.6) is 0 Å². The first-order valence-corrected chi connectivity index (χ1v) is 10.5. The minimum atomic E-state index is -0.500. The second-order valence-corrected chi connectivity index (χ2v) is 8.84. The van der Waals surface area contributed by atoms with Gasteiger partial charge in [-0.15, -0.1) is 12.3 Å². The predicted molar refractivity (Wildman–Crippen MR) is 113 cm³/mol. The number of likely N-dealkylation sites (tertiary alicyclic amines) is 1. The number of rotatable bonds is 4. The molecule has 1 atom stereocenters. The number of ether oxygens (including phenoxy) is 1. The molecule has 3 heterocycles. The van der Waals surface area contributed by atoms with Gasteiger partial charge in [0.05, 0.1) is 0 Å². The Hall–Kier alpha value is -2.55. The average molecular weight is 398 g/mol. The zero-order valence-electron chi connectivity index (χ0n) is 17.7. The number of aromatic nitrogens is 1. The molecule has 29 heavy (non-hydrogen) atoms. The van der Waals surface area contributed by atoms with E-state index >= 15 is 0 Å². The summed E-state index contributed by atoms with van der Waals surface area (Å²) >= 11 is 0. The van der Waals surface area contributed by atoms with Crippen molar-refractivity contribution < 1.29 is 14.3 Å². The van der Waals surface area contributed by atoms with Crippen molar-refractivity contribution in [2.24, 2.45) is 0 Å². The van der Waals surface area contributed by atoms with Gasteiger partial charge in [0.2, 0.25) is 5.91 Å². The van der Waals surface area contributed by atoms with Crippen LogP contribution in [0.15, 0.2) is 12.1 Å². The highest BCUT2D eigenvalue weighted by Gasteiger charge is 2.32. The highest BCUT2D eigenvalue weighted by atomic mass is 16.6. The van der Waals surface area contributed by atoms with E-state index < -0.39 is 5.60 Å². The monoisotopic (exact) mass is 397 g/mol. The van der Waals surface area contributed by atoms with E-state index in [0.717, 1.165) is 36.3 Å². The first kappa shape index (κ1) is 21.2. The number of unbranched alkanes of at least 4 members (excludes halogenated alkanes) is 1. The molecule has 0 saturated carbocycles. The van der Waals surface area contributed by atoms with Crippen LogP contribution in [-0.4, -0.2) is 47.1 Å². The van der Waals surface area contributed by atoms with Crippen molar-refractivity contribution >= 4 is 17.8 Å². The van der Waals surface area contributed by atoms with Crippen LogP contribution in [0.1, 0.15) is 70.1 Å². The van der Waals surface area contributed by atoms with Crippen LogP contribution in [0, 0.1) is 12.3 Å². The zero-order chi connectivity index (χ0) is 21.0. The molecule has 2 amide bonds. The Labute approximate surface area is 173 Å². The summed E-state index contributed by atoms with van der Waals surface area (Å²) in [6, 6.07) is 4.14. The lowest BCUT2D eigenvalue weighted by molar-refractivity contribution is -0.118. The lowest BCUT2D eigenvalue weighted by atomic mass is 10.00. The maximum atomic E-state index is 12.7. The summed E-state index contributed by atoms with van der Waals surface area (Å²) in [6.45, 7) is 7.58. The Morgan fingerprint density at radius 1 is 1.31 bits per heavy atom. The lowest BCUT2D eigenvalue weighted by Crippen LogP contribution is -2.36. The number of terminal acetylenes is 1. The number of amides is 2. The van der Waals surface area contributed by atoms with Gasteiger partial charge >= 0.3 is 6.09 Å². The van der Waals surface area contributed by atoms with Crippen LogP contribution < -0.4 is 4.90 Å². The Morgan fingerprint density at radius 2 is 2.10 bits per heavy atom. The van der Waals surface area contributed by atoms with Crippen LogP contribution in [0.4, 0.5) is 10.6 Å². The van der Waals surface area contributed by atoms with Gasteiger partial charge in [-0.1, -0.05) is 6.07 Å². The first-order chi connectivity index (χ1) is 13.8. The molecule has 2 aliphatic heterocycles. The predicted octanol–water partition coefficient (Wildman–Crippen LogP) is 3.89. The van der Waals surface area contributed by atoms with E-state index in [2.05, 4.69) is 18.1 Å². The Morgan fingerprint density at radius 3 is 2.83 bits per heavy atom. The molecule has 2 aliphatic rings. The van der Waals surface area contributed by atoms with Crippen LogP contribution >= 0.6 is 0 Å². The number of fused-ring (bicyclic) bond motifs is 1. The second-order valence-electron chi connectivity index (χ2n) is 8.84. The number of hydrogen-bond donors (Lipinski definition) is 0. The Bertz CT molecular complexity index is 807. The molecule has 6 nitrogen and oxygen atoms in total. The van der Waals surface area contributed by atoms with E-state index in [1.807, 2.05) is 25.7 Å². The van der Waals surface area contributed by atoms with Gasteiger partial charge in [0.25, 0.3) is 0 Å². The van der Waals surface area contributed by atoms with Gasteiger partial charge in [0.15, 0.2) is 0 Å². The maximum absolute atomic E-state index is 12.7. The van der Waals surface area contributed by atoms with Crippen molar-refractivity contribution in [1.29, 1.82) is 0 Å². The molecule has 156 valence electrons. The van der Waals surface area contributed by atoms with E-state index in [-0.39, 0.29) is 17.9 Å². The minimum absolute atomic E-state index is 0.0904. The molecule has 0 radical (unpaired) electrons. The highest BCUT2D eigenvalue weighted by Crippen LogP contribution is 2.32. The molecule has 1 saturated heterocycles. The lowest BCUT2D eigenvalue weighted by Gasteiger charge is -2.29. The molecule has 1 fully saturated rings. The van der Waals surface area contributed by atoms with Crippen LogP contribution in [0.3, 0.4) is 0 Å². The number of aryl methyl sites for hydroxylation is 1. The molecule has 0 aromatic carbocycles. The highest BCUT2D eigenvalue weighted by molar-refractivity contribution is 5.93. The number of hydrogen-bond acceptors (Lipinski definition) is 4. The fourth-order valence-corrected chi connectivity index (χ4v) is 3.90. The van der Waals surface area contributed by atoms with Crippen molar-refractivity contribution in [1.82, 2.24) is 9.88 Å². The van der Waals surface area contributed by atoms with Crippen LogP contribution in [0.2, 0.25) is 0 Å². The molecule has 0 bridgehead atoms. The van der Waals surface area contributed by atoms with Crippen molar-refractivity contribution in [3.8, 4) is 12.3 Å². The number of pyridine rings is 1. The van der Waals surface area contributed by atoms with E-state index in [0.29, 0.717) is 38.9 Å². The van der Waals surface area contributed by atoms with E-state index in [1.165, 1.54) is 0 Å². The third-order valence-corrected chi connectivity index (χ3v) is 5.33. The SMILES string of the molecule is C#CCCCC(=O)N1CCCc2ccc(C3CCN(C(=O)OC(C)(C)C)C3)nc21. The normalized spacial score (nSPS) is 18.9. The fourth-order valence-electron chi connectivity index (χ4n) is 3.90. The van der Waals surface area contributed by atoms with Gasteiger partial charge in [-0.05, 0) is 58.1 Å². The summed E-state index contributed by atoms with van der Waals surface area (Å²) in [5.41, 5.74) is 1.56. The van der Waals surface area contributed by atoms with Crippen molar-refractivity contribution in [3.63, 3.8) is 0 Å². The van der Waals surface area contributed by atoms with Crippen molar-refractivity contribution in [3.05, 3.63) is 23.4 Å². The molecule has 0 N–H and O–H groups in total. The van der Waals surface area contributed by atoms with Gasteiger partial charge in [0, 0.05) is 44.1 Å². The van der Waals surface area contributed by atoms with E-state index in [1.54, 1.807) is 4.90 Å². The summed E-state index contributed by atoms with van der Waals surface area (Å²) in [5, 5.41) is 0. The Kier molecular flexibility index (Phi) is 6.46. The second kappa shape index (κ2) is 8.86. The third kappa shape index (κ3) is 5.29. The molecule has 0 spiro atoms. The third-order valence-electron chi connectivity index (χ3n) is 5.33. The van der Waals surface area contributed by atoms with Crippen LogP contribution in [-0.2, 0) is 16.0 Å². The summed E-state index contributed by atoms with van der Waals surface area (Å²) in [4.78, 5) is 33.5. The quantitative estimate of drug-likeness (QED) is 0.571. The smallest absolute Gasteiger partial charge is 0.410 e. The van der Waals surface area contributed by atoms with Gasteiger partial charge in [0.1, 0.15) is 11.4 Å². The summed E-state index contributed by atoms with van der Waals surface area (Å²) in [6.07, 6.45) is 9.53. The molecular weight excluding hydrogens is 366 g/mol. The van der Waals surface area contributed by atoms with Gasteiger partial charge in [-0.25, -0.2) is 9.78 Å². The largest absolute Gasteiger partial charge is 0.444 e. The summed E-state index contributed by atoms with van der Waals surface area (Å²) in [5.74, 6) is 3.63. The van der Waals surface area contributed by atoms with Gasteiger partial charge in [-0.3, -0.25) is 9.69 Å². The minimum Gasteiger partial charge on any atom is -0.444 e. The molecule has 0 aliphatic carbocycles. The van der Waals surface area contributed by atoms with E-state index in [9.17, 15) is 9.59 Å². The molecule has 1 unspecified atom stereocenters. The molecular formula is C23H31N3O3. The van der Waals surface area contributed by atoms with Gasteiger partial charge in [-0.2, -0.15) is 0 Å². The molecule has 6 heteroatoms. The first-order valence-electron chi connectivity index (χ1n) is 10.5. The zero-order valence-corrected chi connectivity index (χ0v) is 17.7.